The van der Waals surface area contributed by atoms with Crippen LogP contribution >= 0.6 is 33.2 Å². The number of carbonyl (C=O) groups is 1. The summed E-state index contributed by atoms with van der Waals surface area (Å²) in [4.78, 5) is 11.5. The molecule has 6 nitrogen and oxygen atoms in total. The van der Waals surface area contributed by atoms with Crippen LogP contribution in [-0.2, 0) is 9.53 Å². The molecule has 21 heavy (non-hydrogen) atoms. The van der Waals surface area contributed by atoms with Crippen LogP contribution in [0.2, 0.25) is 0 Å². The normalized spacial score (nSPS) is 15.0. The lowest BCUT2D eigenvalue weighted by molar-refractivity contribution is -0.142. The molecule has 0 aromatic rings. The molecule has 0 spiro atoms. The standard InChI is InChI=1S/C11H15Cl3N4O2Si/c1-10(2,6-15)17-18-11(3,7-16)5-4-9(19)20-8-21(12,13)14/h4-5,8H2,1-3H3/b18-17+. The molecular weight excluding hydrogens is 355 g/mol. The Hall–Kier alpha value is -0.863. The fraction of sp³-hybridized carbons (Fsp3) is 0.727. The Morgan fingerprint density at radius 3 is 2.19 bits per heavy atom. The van der Waals surface area contributed by atoms with E-state index in [2.05, 4.69) is 10.2 Å². The average molecular weight is 370 g/mol. The van der Waals surface area contributed by atoms with Crippen molar-refractivity contribution in [3.63, 3.8) is 0 Å². The highest BCUT2D eigenvalue weighted by atomic mass is 35.8. The number of halogens is 3. The molecule has 0 saturated carbocycles. The van der Waals surface area contributed by atoms with Crippen LogP contribution in [-0.4, -0.2) is 29.3 Å². The van der Waals surface area contributed by atoms with Crippen LogP contribution in [0.5, 0.6) is 0 Å². The summed E-state index contributed by atoms with van der Waals surface area (Å²) < 4.78 is 4.81. The third-order valence-corrected chi connectivity index (χ3v) is 3.70. The summed E-state index contributed by atoms with van der Waals surface area (Å²) in [5.41, 5.74) is -2.25. The zero-order chi connectivity index (χ0) is 16.7. The second kappa shape index (κ2) is 7.95. The highest BCUT2D eigenvalue weighted by Gasteiger charge is 2.30. The van der Waals surface area contributed by atoms with Gasteiger partial charge in [0.05, 0.1) is 12.1 Å². The van der Waals surface area contributed by atoms with Gasteiger partial charge in [-0.3, -0.25) is 4.79 Å². The van der Waals surface area contributed by atoms with Gasteiger partial charge in [-0.15, -0.1) is 33.2 Å². The molecule has 0 aromatic carbocycles. The van der Waals surface area contributed by atoms with E-state index in [9.17, 15) is 4.79 Å². The van der Waals surface area contributed by atoms with Crippen LogP contribution in [0.15, 0.2) is 10.2 Å². The van der Waals surface area contributed by atoms with Gasteiger partial charge in [0.1, 0.15) is 6.23 Å². The van der Waals surface area contributed by atoms with Crippen molar-refractivity contribution < 1.29 is 9.53 Å². The Kier molecular flexibility index (Phi) is 7.62. The maximum absolute atomic E-state index is 11.5. The van der Waals surface area contributed by atoms with Gasteiger partial charge in [0.2, 0.25) is 0 Å². The summed E-state index contributed by atoms with van der Waals surface area (Å²) in [6.07, 6.45) is -0.206. The van der Waals surface area contributed by atoms with Gasteiger partial charge < -0.3 is 4.74 Å². The van der Waals surface area contributed by atoms with Crippen molar-refractivity contribution >= 4 is 45.2 Å². The Labute approximate surface area is 138 Å². The SMILES string of the molecule is CC(C)(C#N)/N=N/C(C)(C#N)CCC(=O)OC[Si](Cl)(Cl)Cl. The van der Waals surface area contributed by atoms with E-state index in [0.29, 0.717) is 0 Å². The number of esters is 1. The van der Waals surface area contributed by atoms with Crippen LogP contribution in [0, 0.1) is 22.7 Å². The molecule has 0 aromatic heterocycles. The van der Waals surface area contributed by atoms with E-state index in [-0.39, 0.29) is 19.1 Å². The van der Waals surface area contributed by atoms with Gasteiger partial charge in [-0.1, -0.05) is 0 Å². The van der Waals surface area contributed by atoms with Crippen LogP contribution in [0.3, 0.4) is 0 Å². The second-order valence-electron chi connectivity index (χ2n) is 5.03. The molecule has 10 heteroatoms. The van der Waals surface area contributed by atoms with Crippen molar-refractivity contribution in [2.75, 3.05) is 6.23 Å². The van der Waals surface area contributed by atoms with Gasteiger partial charge in [-0.05, 0) is 27.2 Å². The largest absolute Gasteiger partial charge is 0.465 e. The van der Waals surface area contributed by atoms with Gasteiger partial charge >= 0.3 is 12.0 Å². The first-order chi connectivity index (χ1) is 9.43. The highest BCUT2D eigenvalue weighted by Crippen LogP contribution is 2.22. The molecule has 0 amide bonds. The molecule has 0 aliphatic carbocycles. The Morgan fingerprint density at radius 2 is 1.76 bits per heavy atom. The fourth-order valence-corrected chi connectivity index (χ4v) is 1.78. The molecule has 1 unspecified atom stereocenters. The van der Waals surface area contributed by atoms with Crippen molar-refractivity contribution in [2.24, 2.45) is 10.2 Å². The molecule has 0 N–H and O–H groups in total. The van der Waals surface area contributed by atoms with Crippen molar-refractivity contribution in [2.45, 2.75) is 44.7 Å². The molecule has 0 aliphatic rings. The number of azo groups is 1. The maximum atomic E-state index is 11.5. The minimum Gasteiger partial charge on any atom is -0.465 e. The summed E-state index contributed by atoms with van der Waals surface area (Å²) in [5, 5.41) is 25.6. The minimum atomic E-state index is -3.02. The summed E-state index contributed by atoms with van der Waals surface area (Å²) in [6.45, 7) is 4.64. The van der Waals surface area contributed by atoms with E-state index >= 15 is 0 Å². The lowest BCUT2D eigenvalue weighted by Crippen LogP contribution is -2.25. The quantitative estimate of drug-likeness (QED) is 0.296. The molecular formula is C11H15Cl3N4O2Si. The lowest BCUT2D eigenvalue weighted by atomic mass is 9.99. The number of nitriles is 2. The van der Waals surface area contributed by atoms with E-state index < -0.39 is 23.1 Å². The average Bonchev–Trinajstić information content (AvgIpc) is 2.40. The van der Waals surface area contributed by atoms with Gasteiger partial charge in [0, 0.05) is 6.42 Å². The van der Waals surface area contributed by atoms with Crippen LogP contribution < -0.4 is 0 Å². The third kappa shape index (κ3) is 9.65. The number of ether oxygens (including phenoxy) is 1. The summed E-state index contributed by atoms with van der Waals surface area (Å²) in [5.74, 6) is -0.579. The monoisotopic (exact) mass is 368 g/mol. The van der Waals surface area contributed by atoms with Crippen LogP contribution in [0.4, 0.5) is 0 Å². The first kappa shape index (κ1) is 20.1. The first-order valence-corrected chi connectivity index (χ1v) is 11.2. The van der Waals surface area contributed by atoms with E-state index in [1.807, 2.05) is 12.1 Å². The number of hydrogen-bond acceptors (Lipinski definition) is 6. The first-order valence-electron chi connectivity index (χ1n) is 5.92. The second-order valence-corrected chi connectivity index (χ2v) is 14.1. The number of rotatable bonds is 7. The Bertz CT molecular complexity index is 493. The van der Waals surface area contributed by atoms with Crippen molar-refractivity contribution in [3.05, 3.63) is 0 Å². The number of hydrogen-bond donors (Lipinski definition) is 0. The van der Waals surface area contributed by atoms with Crippen LogP contribution in [0.1, 0.15) is 33.6 Å². The molecule has 0 aliphatic heterocycles. The molecule has 0 heterocycles. The Balaban J connectivity index is 4.55. The molecule has 1 atom stereocenters. The summed E-state index contributed by atoms with van der Waals surface area (Å²) >= 11 is 16.8. The topological polar surface area (TPSA) is 98.6 Å². The Morgan fingerprint density at radius 1 is 1.19 bits per heavy atom. The number of carbonyl (C=O) groups excluding carboxylic acids is 1. The lowest BCUT2D eigenvalue weighted by Gasteiger charge is -2.17. The summed E-state index contributed by atoms with van der Waals surface area (Å²) in [6, 6.07) is 0.877. The fourth-order valence-electron chi connectivity index (χ4n) is 0.966. The molecule has 0 radical (unpaired) electrons. The zero-order valence-corrected chi connectivity index (χ0v) is 15.1. The molecule has 0 rings (SSSR count). The zero-order valence-electron chi connectivity index (χ0n) is 11.9. The smallest absolute Gasteiger partial charge is 0.378 e. The number of nitrogens with zero attached hydrogens (tertiary/aromatic N) is 4. The van der Waals surface area contributed by atoms with Crippen molar-refractivity contribution in [3.8, 4) is 12.1 Å². The minimum absolute atomic E-state index is 0.0643. The highest BCUT2D eigenvalue weighted by molar-refractivity contribution is 7.64. The molecule has 116 valence electrons. The van der Waals surface area contributed by atoms with Gasteiger partial charge in [0.15, 0.2) is 11.1 Å². The maximum Gasteiger partial charge on any atom is 0.378 e. The molecule has 0 saturated heterocycles. The van der Waals surface area contributed by atoms with E-state index in [1.165, 1.54) is 6.92 Å². The van der Waals surface area contributed by atoms with Gasteiger partial charge in [0.25, 0.3) is 0 Å². The molecule has 0 bridgehead atoms. The van der Waals surface area contributed by atoms with E-state index in [4.69, 9.17) is 48.5 Å². The van der Waals surface area contributed by atoms with Crippen molar-refractivity contribution in [1.82, 2.24) is 0 Å². The van der Waals surface area contributed by atoms with Gasteiger partial charge in [-0.25, -0.2) is 0 Å². The van der Waals surface area contributed by atoms with Crippen molar-refractivity contribution in [1.29, 1.82) is 10.5 Å². The van der Waals surface area contributed by atoms with E-state index in [1.54, 1.807) is 13.8 Å². The van der Waals surface area contributed by atoms with E-state index in [0.717, 1.165) is 0 Å². The summed E-state index contributed by atoms with van der Waals surface area (Å²) in [7, 11) is 0. The molecule has 0 fully saturated rings. The predicted octanol–water partition coefficient (Wildman–Crippen LogP) is 3.54. The van der Waals surface area contributed by atoms with Crippen LogP contribution in [0.25, 0.3) is 0 Å². The predicted molar refractivity (Wildman–Crippen MR) is 82.1 cm³/mol. The van der Waals surface area contributed by atoms with Gasteiger partial charge in [-0.2, -0.15) is 20.8 Å². The third-order valence-electron chi connectivity index (χ3n) is 2.25.